The number of nitrogens with zero attached hydrogens (tertiary/aromatic N) is 1. The Balaban J connectivity index is 2.11. The summed E-state index contributed by atoms with van der Waals surface area (Å²) in [6, 6.07) is 13.9. The third-order valence-electron chi connectivity index (χ3n) is 3.01. The Labute approximate surface area is 120 Å². The van der Waals surface area contributed by atoms with Crippen LogP contribution in [0.1, 0.15) is 25.8 Å². The quantitative estimate of drug-likeness (QED) is 0.903. The van der Waals surface area contributed by atoms with Gasteiger partial charge >= 0.3 is 0 Å². The van der Waals surface area contributed by atoms with Gasteiger partial charge in [-0.1, -0.05) is 50.2 Å². The largest absolute Gasteiger partial charge is 0.352 e. The Hall–Kier alpha value is -2.16. The van der Waals surface area contributed by atoms with Gasteiger partial charge in [0.15, 0.2) is 0 Å². The monoisotopic (exact) mass is 268 g/mol. The highest BCUT2D eigenvalue weighted by Crippen LogP contribution is 2.20. The number of amides is 1. The van der Waals surface area contributed by atoms with E-state index >= 15 is 0 Å². The molecular formula is C17H20N2O. The summed E-state index contributed by atoms with van der Waals surface area (Å²) in [6.07, 6.45) is 2.34. The Bertz CT molecular complexity index is 564. The highest BCUT2D eigenvalue weighted by atomic mass is 16.1. The van der Waals surface area contributed by atoms with Crippen molar-refractivity contribution >= 4 is 5.91 Å². The van der Waals surface area contributed by atoms with Gasteiger partial charge in [-0.2, -0.15) is 0 Å². The molecule has 104 valence electrons. The lowest BCUT2D eigenvalue weighted by Gasteiger charge is -2.11. The molecule has 0 spiro atoms. The van der Waals surface area contributed by atoms with Crippen molar-refractivity contribution in [3.05, 3.63) is 54.2 Å². The second-order valence-electron chi connectivity index (χ2n) is 5.25. The molecule has 3 nitrogen and oxygen atoms in total. The SMILES string of the molecule is CC(C)CC(=O)NCc1cccnc1-c1ccccc1. The van der Waals surface area contributed by atoms with Gasteiger partial charge in [-0.25, -0.2) is 0 Å². The third-order valence-corrected chi connectivity index (χ3v) is 3.01. The second kappa shape index (κ2) is 6.85. The highest BCUT2D eigenvalue weighted by molar-refractivity contribution is 5.76. The van der Waals surface area contributed by atoms with Gasteiger partial charge in [0.25, 0.3) is 0 Å². The smallest absolute Gasteiger partial charge is 0.220 e. The predicted molar refractivity (Wildman–Crippen MR) is 81.0 cm³/mol. The summed E-state index contributed by atoms with van der Waals surface area (Å²) >= 11 is 0. The summed E-state index contributed by atoms with van der Waals surface area (Å²) in [4.78, 5) is 16.2. The van der Waals surface area contributed by atoms with Crippen LogP contribution >= 0.6 is 0 Å². The molecule has 2 aromatic rings. The fourth-order valence-electron chi connectivity index (χ4n) is 2.07. The molecule has 0 bridgehead atoms. The van der Waals surface area contributed by atoms with Crippen molar-refractivity contribution in [2.75, 3.05) is 0 Å². The summed E-state index contributed by atoms with van der Waals surface area (Å²) in [5, 5.41) is 2.96. The minimum atomic E-state index is 0.0860. The van der Waals surface area contributed by atoms with Crippen molar-refractivity contribution in [3.8, 4) is 11.3 Å². The summed E-state index contributed by atoms with van der Waals surface area (Å²) in [5.41, 5.74) is 3.04. The zero-order valence-corrected chi connectivity index (χ0v) is 12.0. The molecule has 0 unspecified atom stereocenters. The molecule has 0 aliphatic heterocycles. The molecule has 1 aromatic carbocycles. The molecule has 1 N–H and O–H groups in total. The molecule has 0 aliphatic rings. The van der Waals surface area contributed by atoms with Gasteiger partial charge in [-0.05, 0) is 17.5 Å². The van der Waals surface area contributed by atoms with E-state index < -0.39 is 0 Å². The van der Waals surface area contributed by atoms with Crippen LogP contribution in [-0.4, -0.2) is 10.9 Å². The van der Waals surface area contributed by atoms with Crippen molar-refractivity contribution in [3.63, 3.8) is 0 Å². The summed E-state index contributed by atoms with van der Waals surface area (Å²) in [5.74, 6) is 0.459. The lowest BCUT2D eigenvalue weighted by molar-refractivity contribution is -0.121. The molecule has 0 saturated heterocycles. The number of carbonyl (C=O) groups is 1. The first-order valence-corrected chi connectivity index (χ1v) is 6.93. The topological polar surface area (TPSA) is 42.0 Å². The van der Waals surface area contributed by atoms with Crippen LogP contribution in [0.4, 0.5) is 0 Å². The van der Waals surface area contributed by atoms with E-state index in [1.807, 2.05) is 56.3 Å². The standard InChI is InChI=1S/C17H20N2O/c1-13(2)11-16(20)19-12-15-9-6-10-18-17(15)14-7-4-3-5-8-14/h3-10,13H,11-12H2,1-2H3,(H,19,20). The number of rotatable bonds is 5. The number of hydrogen-bond acceptors (Lipinski definition) is 2. The molecule has 1 heterocycles. The first-order chi connectivity index (χ1) is 9.66. The molecule has 0 atom stereocenters. The average Bonchev–Trinajstić information content (AvgIpc) is 2.46. The number of aromatic nitrogens is 1. The normalized spacial score (nSPS) is 10.6. The van der Waals surface area contributed by atoms with E-state index in [0.717, 1.165) is 16.8 Å². The van der Waals surface area contributed by atoms with E-state index in [2.05, 4.69) is 10.3 Å². The van der Waals surface area contributed by atoms with E-state index in [-0.39, 0.29) is 5.91 Å². The van der Waals surface area contributed by atoms with Crippen molar-refractivity contribution < 1.29 is 4.79 Å². The maximum absolute atomic E-state index is 11.7. The molecule has 1 aromatic heterocycles. The van der Waals surface area contributed by atoms with Crippen molar-refractivity contribution in [1.29, 1.82) is 0 Å². The molecule has 20 heavy (non-hydrogen) atoms. The molecule has 0 fully saturated rings. The highest BCUT2D eigenvalue weighted by Gasteiger charge is 2.08. The first kappa shape index (κ1) is 14.3. The maximum atomic E-state index is 11.7. The van der Waals surface area contributed by atoms with Crippen LogP contribution in [0.25, 0.3) is 11.3 Å². The number of pyridine rings is 1. The van der Waals surface area contributed by atoms with Gasteiger partial charge < -0.3 is 5.32 Å². The van der Waals surface area contributed by atoms with Crippen molar-refractivity contribution in [2.24, 2.45) is 5.92 Å². The lowest BCUT2D eigenvalue weighted by atomic mass is 10.1. The van der Waals surface area contributed by atoms with Gasteiger partial charge in [0, 0.05) is 24.7 Å². The molecule has 0 saturated carbocycles. The molecule has 0 radical (unpaired) electrons. The third kappa shape index (κ3) is 3.92. The molecule has 0 aliphatic carbocycles. The van der Waals surface area contributed by atoms with Crippen LogP contribution in [0.15, 0.2) is 48.7 Å². The van der Waals surface area contributed by atoms with Gasteiger partial charge in [0.1, 0.15) is 0 Å². The number of nitrogens with one attached hydrogen (secondary N) is 1. The van der Waals surface area contributed by atoms with Crippen LogP contribution in [0, 0.1) is 5.92 Å². The Kier molecular flexibility index (Phi) is 4.88. The fourth-order valence-corrected chi connectivity index (χ4v) is 2.07. The second-order valence-corrected chi connectivity index (χ2v) is 5.25. The zero-order valence-electron chi connectivity index (χ0n) is 12.0. The van der Waals surface area contributed by atoms with E-state index in [1.165, 1.54) is 0 Å². The Morgan fingerprint density at radius 3 is 2.60 bits per heavy atom. The number of benzene rings is 1. The van der Waals surface area contributed by atoms with E-state index in [1.54, 1.807) is 6.20 Å². The Morgan fingerprint density at radius 2 is 1.90 bits per heavy atom. The summed E-state index contributed by atoms with van der Waals surface area (Å²) < 4.78 is 0. The average molecular weight is 268 g/mol. The van der Waals surface area contributed by atoms with E-state index in [9.17, 15) is 4.79 Å². The minimum absolute atomic E-state index is 0.0860. The molecule has 2 rings (SSSR count). The summed E-state index contributed by atoms with van der Waals surface area (Å²) in [6.45, 7) is 4.60. The molecular weight excluding hydrogens is 248 g/mol. The predicted octanol–water partition coefficient (Wildman–Crippen LogP) is 3.41. The van der Waals surface area contributed by atoms with Crippen molar-refractivity contribution in [2.45, 2.75) is 26.8 Å². The van der Waals surface area contributed by atoms with Crippen LogP contribution < -0.4 is 5.32 Å². The van der Waals surface area contributed by atoms with Crippen LogP contribution in [0.5, 0.6) is 0 Å². The minimum Gasteiger partial charge on any atom is -0.352 e. The van der Waals surface area contributed by atoms with E-state index in [4.69, 9.17) is 0 Å². The Morgan fingerprint density at radius 1 is 1.15 bits per heavy atom. The first-order valence-electron chi connectivity index (χ1n) is 6.93. The van der Waals surface area contributed by atoms with Gasteiger partial charge in [-0.3, -0.25) is 9.78 Å². The van der Waals surface area contributed by atoms with Crippen LogP contribution in [0.2, 0.25) is 0 Å². The summed E-state index contributed by atoms with van der Waals surface area (Å²) in [7, 11) is 0. The number of hydrogen-bond donors (Lipinski definition) is 1. The number of carbonyl (C=O) groups excluding carboxylic acids is 1. The lowest BCUT2D eigenvalue weighted by Crippen LogP contribution is -2.24. The van der Waals surface area contributed by atoms with E-state index in [0.29, 0.717) is 18.9 Å². The fraction of sp³-hybridized carbons (Fsp3) is 0.294. The van der Waals surface area contributed by atoms with Gasteiger partial charge in [0.2, 0.25) is 5.91 Å². The van der Waals surface area contributed by atoms with Gasteiger partial charge in [-0.15, -0.1) is 0 Å². The van der Waals surface area contributed by atoms with Crippen LogP contribution in [-0.2, 0) is 11.3 Å². The molecule has 3 heteroatoms. The maximum Gasteiger partial charge on any atom is 0.220 e. The molecule has 1 amide bonds. The van der Waals surface area contributed by atoms with Gasteiger partial charge in [0.05, 0.1) is 5.69 Å². The van der Waals surface area contributed by atoms with Crippen molar-refractivity contribution in [1.82, 2.24) is 10.3 Å². The zero-order chi connectivity index (χ0) is 14.4. The van der Waals surface area contributed by atoms with Crippen LogP contribution in [0.3, 0.4) is 0 Å².